The summed E-state index contributed by atoms with van der Waals surface area (Å²) in [7, 11) is 0. The summed E-state index contributed by atoms with van der Waals surface area (Å²) < 4.78 is 11.2. The summed E-state index contributed by atoms with van der Waals surface area (Å²) in [5, 5.41) is 14.0. The molecule has 0 aromatic heterocycles. The minimum Gasteiger partial charge on any atom is -0.490 e. The van der Waals surface area contributed by atoms with E-state index >= 15 is 0 Å². The molecule has 1 aliphatic heterocycles. The third kappa shape index (κ3) is 6.13. The Balaban J connectivity index is 1.77. The van der Waals surface area contributed by atoms with E-state index in [9.17, 15) is 19.2 Å². The van der Waals surface area contributed by atoms with Crippen molar-refractivity contribution in [3.63, 3.8) is 0 Å². The summed E-state index contributed by atoms with van der Waals surface area (Å²) in [6.45, 7) is 2.91. The molecule has 3 rings (SSSR count). The Morgan fingerprint density at radius 3 is 2.59 bits per heavy atom. The molecule has 3 N–H and O–H groups in total. The maximum absolute atomic E-state index is 12.8. The van der Waals surface area contributed by atoms with Crippen molar-refractivity contribution < 1.29 is 33.8 Å². The number of carboxylic acid groups (broad SMARTS) is 1. The molecular weight excluding hydrogens is 510 g/mol. The molecule has 2 aromatic carbocycles. The van der Waals surface area contributed by atoms with E-state index in [1.165, 1.54) is 12.1 Å². The number of hydrogen-bond acceptors (Lipinski definition) is 6. The number of nitrogens with one attached hydrogen (secondary N) is 2. The SMILES string of the molecule is CCOc1cc(/C=C2/NC(=O)N(CC(=O)Nc3cccc(C)c3)C2=O)c(Br)cc1OCC(=O)O. The van der Waals surface area contributed by atoms with E-state index in [0.717, 1.165) is 10.5 Å². The normalized spacial score (nSPS) is 14.2. The Morgan fingerprint density at radius 2 is 1.91 bits per heavy atom. The lowest BCUT2D eigenvalue weighted by Crippen LogP contribution is -2.38. The van der Waals surface area contributed by atoms with E-state index in [1.807, 2.05) is 13.0 Å². The van der Waals surface area contributed by atoms with Crippen LogP contribution >= 0.6 is 15.9 Å². The van der Waals surface area contributed by atoms with Gasteiger partial charge >= 0.3 is 12.0 Å². The predicted octanol–water partition coefficient (Wildman–Crippen LogP) is 3.15. The minimum absolute atomic E-state index is 0.0318. The summed E-state index contributed by atoms with van der Waals surface area (Å²) in [4.78, 5) is 49.1. The van der Waals surface area contributed by atoms with Crippen molar-refractivity contribution in [1.82, 2.24) is 10.2 Å². The molecule has 1 heterocycles. The molecule has 0 saturated carbocycles. The highest BCUT2D eigenvalue weighted by Gasteiger charge is 2.35. The van der Waals surface area contributed by atoms with E-state index in [2.05, 4.69) is 26.6 Å². The van der Waals surface area contributed by atoms with E-state index in [4.69, 9.17) is 14.6 Å². The van der Waals surface area contributed by atoms with Crippen LogP contribution in [0.25, 0.3) is 6.08 Å². The first kappa shape index (κ1) is 24.8. The summed E-state index contributed by atoms with van der Waals surface area (Å²) in [5.74, 6) is -1.86. The quantitative estimate of drug-likeness (QED) is 0.334. The number of benzene rings is 2. The first-order chi connectivity index (χ1) is 16.2. The molecule has 11 heteroatoms. The Labute approximate surface area is 203 Å². The molecule has 4 amide bonds. The van der Waals surface area contributed by atoms with Crippen molar-refractivity contribution >= 4 is 51.5 Å². The number of carbonyl (C=O) groups excluding carboxylic acids is 3. The molecule has 0 atom stereocenters. The molecule has 1 aliphatic rings. The maximum atomic E-state index is 12.8. The molecule has 0 spiro atoms. The van der Waals surface area contributed by atoms with Gasteiger partial charge in [-0.2, -0.15) is 0 Å². The number of nitrogens with zero attached hydrogens (tertiary/aromatic N) is 1. The van der Waals surface area contributed by atoms with E-state index < -0.39 is 37.0 Å². The second-order valence-corrected chi connectivity index (χ2v) is 8.09. The number of urea groups is 1. The molecule has 1 saturated heterocycles. The van der Waals surface area contributed by atoms with Gasteiger partial charge in [0.15, 0.2) is 18.1 Å². The molecule has 2 aromatic rings. The summed E-state index contributed by atoms with van der Waals surface area (Å²) >= 11 is 3.35. The van der Waals surface area contributed by atoms with Crippen LogP contribution in [0.5, 0.6) is 11.5 Å². The maximum Gasteiger partial charge on any atom is 0.341 e. The van der Waals surface area contributed by atoms with Crippen LogP contribution in [-0.4, -0.2) is 53.6 Å². The fourth-order valence-electron chi connectivity index (χ4n) is 3.12. The van der Waals surface area contributed by atoms with Gasteiger partial charge in [-0.25, -0.2) is 14.5 Å². The van der Waals surface area contributed by atoms with Crippen molar-refractivity contribution in [2.24, 2.45) is 0 Å². The minimum atomic E-state index is -1.14. The van der Waals surface area contributed by atoms with Crippen LogP contribution in [0.4, 0.5) is 10.5 Å². The lowest BCUT2D eigenvalue weighted by Gasteiger charge is -2.13. The van der Waals surface area contributed by atoms with Crippen LogP contribution in [0.3, 0.4) is 0 Å². The van der Waals surface area contributed by atoms with Crippen LogP contribution in [0.15, 0.2) is 46.6 Å². The Kier molecular flexibility index (Phi) is 7.90. The largest absolute Gasteiger partial charge is 0.490 e. The number of imide groups is 1. The molecule has 0 unspecified atom stereocenters. The molecule has 0 bridgehead atoms. The van der Waals surface area contributed by atoms with Gasteiger partial charge in [-0.15, -0.1) is 0 Å². The molecule has 1 fully saturated rings. The summed E-state index contributed by atoms with van der Waals surface area (Å²) in [6.07, 6.45) is 1.42. The van der Waals surface area contributed by atoms with Gasteiger partial charge in [0, 0.05) is 10.2 Å². The lowest BCUT2D eigenvalue weighted by molar-refractivity contribution is -0.139. The standard InChI is InChI=1S/C23H22BrN3O7/c1-3-33-18-9-14(16(24)10-19(18)34-12-21(29)30)8-17-22(31)27(23(32)26-17)11-20(28)25-15-6-4-5-13(2)7-15/h4-10H,3,11-12H2,1-2H3,(H,25,28)(H,26,32)(H,29,30)/b17-8+. The molecule has 0 aliphatic carbocycles. The van der Waals surface area contributed by atoms with Gasteiger partial charge in [-0.3, -0.25) is 9.59 Å². The molecule has 10 nitrogen and oxygen atoms in total. The van der Waals surface area contributed by atoms with E-state index in [0.29, 0.717) is 22.3 Å². The Hall–Kier alpha value is -3.86. The number of carboxylic acids is 1. The number of carbonyl (C=O) groups is 4. The van der Waals surface area contributed by atoms with Crippen molar-refractivity contribution in [2.75, 3.05) is 25.1 Å². The highest BCUT2D eigenvalue weighted by molar-refractivity contribution is 9.10. The van der Waals surface area contributed by atoms with Gasteiger partial charge in [0.2, 0.25) is 5.91 Å². The molecule has 178 valence electrons. The monoisotopic (exact) mass is 531 g/mol. The average molecular weight is 532 g/mol. The lowest BCUT2D eigenvalue weighted by atomic mass is 10.1. The number of anilines is 1. The Morgan fingerprint density at radius 1 is 1.18 bits per heavy atom. The van der Waals surface area contributed by atoms with Crippen LogP contribution < -0.4 is 20.1 Å². The van der Waals surface area contributed by atoms with Gasteiger partial charge < -0.3 is 25.2 Å². The van der Waals surface area contributed by atoms with Crippen molar-refractivity contribution in [3.05, 3.63) is 57.7 Å². The van der Waals surface area contributed by atoms with Crippen molar-refractivity contribution in [2.45, 2.75) is 13.8 Å². The van der Waals surface area contributed by atoms with Crippen LogP contribution in [0.1, 0.15) is 18.1 Å². The summed E-state index contributed by atoms with van der Waals surface area (Å²) in [5.41, 5.74) is 1.95. The topological polar surface area (TPSA) is 134 Å². The average Bonchev–Trinajstić information content (AvgIpc) is 3.02. The fraction of sp³-hybridized carbons (Fsp3) is 0.217. The second kappa shape index (κ2) is 10.8. The van der Waals surface area contributed by atoms with Gasteiger partial charge in [-0.1, -0.05) is 28.1 Å². The third-order valence-electron chi connectivity index (χ3n) is 4.58. The smallest absolute Gasteiger partial charge is 0.341 e. The number of aliphatic carboxylic acids is 1. The van der Waals surface area contributed by atoms with Gasteiger partial charge in [0.25, 0.3) is 5.91 Å². The predicted molar refractivity (Wildman–Crippen MR) is 126 cm³/mol. The number of aryl methyl sites for hydroxylation is 1. The van der Waals surface area contributed by atoms with Crippen molar-refractivity contribution in [1.29, 1.82) is 0 Å². The number of rotatable bonds is 9. The first-order valence-corrected chi connectivity index (χ1v) is 11.0. The zero-order valence-corrected chi connectivity index (χ0v) is 20.0. The highest BCUT2D eigenvalue weighted by Crippen LogP contribution is 2.35. The number of ether oxygens (including phenoxy) is 2. The second-order valence-electron chi connectivity index (χ2n) is 7.23. The molecule has 34 heavy (non-hydrogen) atoms. The third-order valence-corrected chi connectivity index (χ3v) is 5.27. The zero-order valence-electron chi connectivity index (χ0n) is 18.4. The summed E-state index contributed by atoms with van der Waals surface area (Å²) in [6, 6.07) is 9.47. The van der Waals surface area contributed by atoms with Crippen LogP contribution in [0.2, 0.25) is 0 Å². The van der Waals surface area contributed by atoms with Crippen molar-refractivity contribution in [3.8, 4) is 11.5 Å². The van der Waals surface area contributed by atoms with Crippen LogP contribution in [-0.2, 0) is 14.4 Å². The van der Waals surface area contributed by atoms with E-state index in [1.54, 1.807) is 31.2 Å². The fourth-order valence-corrected chi connectivity index (χ4v) is 3.56. The van der Waals surface area contributed by atoms with Gasteiger partial charge in [0.05, 0.1) is 6.61 Å². The molecular formula is C23H22BrN3O7. The van der Waals surface area contributed by atoms with E-state index in [-0.39, 0.29) is 17.2 Å². The highest BCUT2D eigenvalue weighted by atomic mass is 79.9. The van der Waals surface area contributed by atoms with Gasteiger partial charge in [-0.05, 0) is 55.3 Å². The molecule has 0 radical (unpaired) electrons. The number of amides is 4. The number of hydrogen-bond donors (Lipinski definition) is 3. The van der Waals surface area contributed by atoms with Gasteiger partial charge in [0.1, 0.15) is 12.2 Å². The van der Waals surface area contributed by atoms with Crippen LogP contribution in [0, 0.1) is 6.92 Å². The Bertz CT molecular complexity index is 1180. The first-order valence-electron chi connectivity index (χ1n) is 10.2. The number of halogens is 1. The zero-order chi connectivity index (χ0) is 24.8.